The second-order valence-electron chi connectivity index (χ2n) is 5.00. The van der Waals surface area contributed by atoms with Crippen molar-refractivity contribution >= 4 is 7.28 Å². The van der Waals surface area contributed by atoms with Gasteiger partial charge in [-0.2, -0.15) is 0 Å². The molecule has 17 heavy (non-hydrogen) atoms. The van der Waals surface area contributed by atoms with Gasteiger partial charge in [0.05, 0.1) is 0 Å². The Bertz CT molecular complexity index is 193. The van der Waals surface area contributed by atoms with Crippen molar-refractivity contribution in [3.63, 3.8) is 0 Å². The minimum absolute atomic E-state index is 0.710. The van der Waals surface area contributed by atoms with Gasteiger partial charge in [-0.3, -0.25) is 4.90 Å². The molecule has 1 radical (unpaired) electrons. The smallest absolute Gasteiger partial charge is 0.110 e. The van der Waals surface area contributed by atoms with E-state index in [0.717, 1.165) is 12.6 Å². The highest BCUT2D eigenvalue weighted by atomic mass is 15.3. The van der Waals surface area contributed by atoms with E-state index < -0.39 is 0 Å². The van der Waals surface area contributed by atoms with Crippen molar-refractivity contribution in [2.24, 2.45) is 11.7 Å². The summed E-state index contributed by atoms with van der Waals surface area (Å²) in [5.41, 5.74) is 5.87. The minimum atomic E-state index is 0.710. The molecule has 2 aliphatic heterocycles. The molecule has 2 N–H and O–H groups in total. The van der Waals surface area contributed by atoms with Gasteiger partial charge in [0.2, 0.25) is 0 Å². The van der Waals surface area contributed by atoms with E-state index in [1.54, 1.807) is 0 Å². The van der Waals surface area contributed by atoms with Crippen molar-refractivity contribution < 1.29 is 0 Å². The highest BCUT2D eigenvalue weighted by molar-refractivity contribution is 6.35. The average molecular weight is 238 g/mol. The average Bonchev–Trinajstić information content (AvgIpc) is 2.42. The third-order valence-corrected chi connectivity index (χ3v) is 3.99. The minimum Gasteiger partial charge on any atom is -0.330 e. The standard InChI is InChI=1S/C11H23BN3.C2H6/c1-14-4-6-15(7-5-14)11-2-3-12-8-10(11)9-13;1-2/h10-11H,2-9,13H2,1H3;1-2H3. The largest absolute Gasteiger partial charge is 0.330 e. The molecule has 3 nitrogen and oxygen atoms in total. The third kappa shape index (κ3) is 4.27. The van der Waals surface area contributed by atoms with E-state index in [1.165, 1.54) is 45.2 Å². The van der Waals surface area contributed by atoms with Crippen molar-refractivity contribution in [3.05, 3.63) is 0 Å². The topological polar surface area (TPSA) is 32.5 Å². The van der Waals surface area contributed by atoms with Crippen LogP contribution in [0, 0.1) is 5.92 Å². The van der Waals surface area contributed by atoms with Crippen LogP contribution in [0.1, 0.15) is 20.3 Å². The molecule has 2 atom stereocenters. The Balaban J connectivity index is 0.000000686. The molecule has 4 heteroatoms. The highest BCUT2D eigenvalue weighted by Crippen LogP contribution is 2.25. The Morgan fingerprint density at radius 1 is 1.18 bits per heavy atom. The van der Waals surface area contributed by atoms with Crippen molar-refractivity contribution in [2.45, 2.75) is 39.0 Å². The molecule has 2 aliphatic rings. The molecule has 0 spiro atoms. The number of nitrogens with zero attached hydrogens (tertiary/aromatic N) is 2. The van der Waals surface area contributed by atoms with Crippen LogP contribution in [0.25, 0.3) is 0 Å². The third-order valence-electron chi connectivity index (χ3n) is 3.99. The van der Waals surface area contributed by atoms with Crippen LogP contribution in [0.4, 0.5) is 0 Å². The molecule has 0 aliphatic carbocycles. The zero-order valence-electron chi connectivity index (χ0n) is 11.9. The van der Waals surface area contributed by atoms with Crippen LogP contribution >= 0.6 is 0 Å². The zero-order chi connectivity index (χ0) is 12.7. The summed E-state index contributed by atoms with van der Waals surface area (Å²) in [5, 5.41) is 0. The molecule has 2 heterocycles. The maximum absolute atomic E-state index is 5.87. The van der Waals surface area contributed by atoms with Crippen molar-refractivity contribution in [1.82, 2.24) is 9.80 Å². The van der Waals surface area contributed by atoms with E-state index in [4.69, 9.17) is 5.73 Å². The van der Waals surface area contributed by atoms with Gasteiger partial charge in [-0.25, -0.2) is 0 Å². The first kappa shape index (κ1) is 15.0. The van der Waals surface area contributed by atoms with E-state index in [0.29, 0.717) is 5.92 Å². The maximum atomic E-state index is 5.87. The first-order valence-electron chi connectivity index (χ1n) is 7.25. The molecule has 2 saturated heterocycles. The lowest BCUT2D eigenvalue weighted by Crippen LogP contribution is -2.53. The van der Waals surface area contributed by atoms with Crippen LogP contribution in [0.5, 0.6) is 0 Å². The van der Waals surface area contributed by atoms with Gasteiger partial charge in [0.1, 0.15) is 7.28 Å². The van der Waals surface area contributed by atoms with Gasteiger partial charge in [0, 0.05) is 32.2 Å². The SMILES string of the molecule is CC.CN1CCN(C2CC[B]CC2CN)CC1. The number of likely N-dealkylation sites (N-methyl/N-ethyl adjacent to an activating group) is 1. The van der Waals surface area contributed by atoms with Gasteiger partial charge in [0.25, 0.3) is 0 Å². The van der Waals surface area contributed by atoms with Gasteiger partial charge in [-0.15, -0.1) is 0 Å². The monoisotopic (exact) mass is 238 g/mol. The Labute approximate surface area is 108 Å². The van der Waals surface area contributed by atoms with Crippen molar-refractivity contribution in [3.8, 4) is 0 Å². The van der Waals surface area contributed by atoms with Gasteiger partial charge in [-0.05, 0) is 25.9 Å². The van der Waals surface area contributed by atoms with Gasteiger partial charge in [0.15, 0.2) is 0 Å². The molecule has 0 aromatic rings. The lowest BCUT2D eigenvalue weighted by Gasteiger charge is -2.43. The predicted octanol–water partition coefficient (Wildman–Crippen LogP) is 1.15. The Kier molecular flexibility index (Phi) is 7.16. The molecule has 0 amide bonds. The maximum Gasteiger partial charge on any atom is 0.110 e. The summed E-state index contributed by atoms with van der Waals surface area (Å²) in [4.78, 5) is 5.09. The normalized spacial score (nSPS) is 31.3. The lowest BCUT2D eigenvalue weighted by atomic mass is 9.58. The fourth-order valence-electron chi connectivity index (χ4n) is 2.90. The van der Waals surface area contributed by atoms with Gasteiger partial charge < -0.3 is 10.6 Å². The molecule has 2 fully saturated rings. The molecule has 0 bridgehead atoms. The Hall–Kier alpha value is -0.0551. The molecular formula is C13H29BN3. The molecule has 0 aromatic carbocycles. The van der Waals surface area contributed by atoms with Crippen LogP contribution in [-0.2, 0) is 0 Å². The van der Waals surface area contributed by atoms with E-state index in [9.17, 15) is 0 Å². The second-order valence-corrected chi connectivity index (χ2v) is 5.00. The first-order chi connectivity index (χ1) is 8.31. The molecule has 0 aromatic heterocycles. The Morgan fingerprint density at radius 3 is 2.41 bits per heavy atom. The fraction of sp³-hybridized carbons (Fsp3) is 1.00. The van der Waals surface area contributed by atoms with Crippen LogP contribution in [0.3, 0.4) is 0 Å². The number of hydrogen-bond donors (Lipinski definition) is 1. The van der Waals surface area contributed by atoms with Gasteiger partial charge in [-0.1, -0.05) is 26.5 Å². The van der Waals surface area contributed by atoms with E-state index >= 15 is 0 Å². The van der Waals surface area contributed by atoms with E-state index in [1.807, 2.05) is 13.8 Å². The summed E-state index contributed by atoms with van der Waals surface area (Å²) >= 11 is 0. The number of rotatable bonds is 2. The predicted molar refractivity (Wildman–Crippen MR) is 76.7 cm³/mol. The van der Waals surface area contributed by atoms with Crippen LogP contribution < -0.4 is 5.73 Å². The molecule has 99 valence electrons. The Morgan fingerprint density at radius 2 is 1.82 bits per heavy atom. The van der Waals surface area contributed by atoms with E-state index in [-0.39, 0.29) is 0 Å². The molecule has 2 rings (SSSR count). The summed E-state index contributed by atoms with van der Waals surface area (Å²) in [7, 11) is 4.64. The fourth-order valence-corrected chi connectivity index (χ4v) is 2.90. The highest BCUT2D eigenvalue weighted by Gasteiger charge is 2.30. The molecule has 0 saturated carbocycles. The van der Waals surface area contributed by atoms with Gasteiger partial charge >= 0.3 is 0 Å². The first-order valence-corrected chi connectivity index (χ1v) is 7.25. The summed E-state index contributed by atoms with van der Waals surface area (Å²) in [5.74, 6) is 0.710. The zero-order valence-corrected chi connectivity index (χ0v) is 11.9. The summed E-state index contributed by atoms with van der Waals surface area (Å²) in [6.45, 7) is 9.76. The molecule has 2 unspecified atom stereocenters. The lowest BCUT2D eigenvalue weighted by molar-refractivity contribution is 0.0810. The van der Waals surface area contributed by atoms with Crippen LogP contribution in [0.2, 0.25) is 12.6 Å². The summed E-state index contributed by atoms with van der Waals surface area (Å²) < 4.78 is 0. The molecular weight excluding hydrogens is 209 g/mol. The quantitative estimate of drug-likeness (QED) is 0.732. The number of hydrogen-bond acceptors (Lipinski definition) is 3. The number of nitrogens with two attached hydrogens (primary N) is 1. The van der Waals surface area contributed by atoms with Crippen LogP contribution in [-0.4, -0.2) is 62.9 Å². The van der Waals surface area contributed by atoms with Crippen molar-refractivity contribution in [2.75, 3.05) is 39.8 Å². The van der Waals surface area contributed by atoms with E-state index in [2.05, 4.69) is 24.1 Å². The van der Waals surface area contributed by atoms with Crippen LogP contribution in [0.15, 0.2) is 0 Å². The van der Waals surface area contributed by atoms with Crippen molar-refractivity contribution in [1.29, 1.82) is 0 Å². The number of piperazine rings is 1. The summed E-state index contributed by atoms with van der Waals surface area (Å²) in [6, 6.07) is 0.758. The summed E-state index contributed by atoms with van der Waals surface area (Å²) in [6.07, 6.45) is 3.84. The second kappa shape index (κ2) is 8.12.